The summed E-state index contributed by atoms with van der Waals surface area (Å²) in [5.41, 5.74) is 5.71. The number of allylic oxidation sites excluding steroid dienone is 2. The third-order valence-electron chi connectivity index (χ3n) is 5.95. The first kappa shape index (κ1) is 19.4. The molecule has 1 saturated heterocycles. The molecule has 1 heterocycles. The number of benzene rings is 1. The van der Waals surface area contributed by atoms with Crippen molar-refractivity contribution >= 4 is 17.3 Å². The van der Waals surface area contributed by atoms with Crippen molar-refractivity contribution in [2.24, 2.45) is 0 Å². The quantitative estimate of drug-likeness (QED) is 0.776. The summed E-state index contributed by atoms with van der Waals surface area (Å²) in [7, 11) is 2.20. The normalized spacial score (nSPS) is 25.0. The number of unbranched alkanes of at least 4 members (excludes halogenated alkanes) is 1. The summed E-state index contributed by atoms with van der Waals surface area (Å²) in [4.78, 5) is 4.95. The monoisotopic (exact) mass is 373 g/mol. The van der Waals surface area contributed by atoms with Crippen LogP contribution in [0.2, 0.25) is 5.02 Å². The maximum atomic E-state index is 9.07. The zero-order valence-corrected chi connectivity index (χ0v) is 17.2. The van der Waals surface area contributed by atoms with Gasteiger partial charge in [-0.3, -0.25) is 5.41 Å². The number of halogens is 1. The van der Waals surface area contributed by atoms with Crippen LogP contribution in [0.1, 0.15) is 63.0 Å². The van der Waals surface area contributed by atoms with Crippen LogP contribution < -0.4 is 0 Å². The van der Waals surface area contributed by atoms with Gasteiger partial charge in [-0.2, -0.15) is 0 Å². The summed E-state index contributed by atoms with van der Waals surface area (Å²) in [5.74, 6) is 0.456. The van der Waals surface area contributed by atoms with E-state index in [4.69, 9.17) is 17.0 Å². The molecule has 1 N–H and O–H groups in total. The number of rotatable bonds is 4. The predicted molar refractivity (Wildman–Crippen MR) is 112 cm³/mol. The Labute approximate surface area is 163 Å². The van der Waals surface area contributed by atoms with Gasteiger partial charge in [0.15, 0.2) is 0 Å². The van der Waals surface area contributed by atoms with E-state index in [0.29, 0.717) is 11.6 Å². The molecule has 3 nitrogen and oxygen atoms in total. The van der Waals surface area contributed by atoms with Crippen LogP contribution in [-0.2, 0) is 0 Å². The van der Waals surface area contributed by atoms with Crippen molar-refractivity contribution in [3.63, 3.8) is 0 Å². The van der Waals surface area contributed by atoms with Gasteiger partial charge in [-0.25, -0.2) is 0 Å². The molecular formula is C22H32ClN3. The molecule has 0 radical (unpaired) electrons. The molecule has 0 bridgehead atoms. The van der Waals surface area contributed by atoms with Gasteiger partial charge in [-0.05, 0) is 61.9 Å². The van der Waals surface area contributed by atoms with E-state index in [1.54, 1.807) is 0 Å². The van der Waals surface area contributed by atoms with E-state index < -0.39 is 0 Å². The number of fused-ring (bicyclic) bond motifs is 1. The molecule has 142 valence electrons. The number of hydrogen-bond donors (Lipinski definition) is 1. The molecule has 1 aromatic carbocycles. The molecule has 4 heteroatoms. The zero-order valence-electron chi connectivity index (χ0n) is 16.4. The zero-order chi connectivity index (χ0) is 18.7. The Hall–Kier alpha value is -1.32. The highest BCUT2D eigenvalue weighted by Gasteiger charge is 2.26. The topological polar surface area (TPSA) is 30.3 Å². The second-order valence-electron chi connectivity index (χ2n) is 7.87. The van der Waals surface area contributed by atoms with E-state index in [1.807, 2.05) is 12.1 Å². The fraction of sp³-hybridized carbons (Fsp3) is 0.591. The second-order valence-corrected chi connectivity index (χ2v) is 8.30. The molecule has 26 heavy (non-hydrogen) atoms. The third kappa shape index (κ3) is 4.15. The van der Waals surface area contributed by atoms with Crippen molar-refractivity contribution in [1.82, 2.24) is 9.80 Å². The number of nitrogens with one attached hydrogen (secondary N) is 1. The lowest BCUT2D eigenvalue weighted by Gasteiger charge is -2.38. The van der Waals surface area contributed by atoms with E-state index in [9.17, 15) is 0 Å². The van der Waals surface area contributed by atoms with Gasteiger partial charge in [0.2, 0.25) is 0 Å². The van der Waals surface area contributed by atoms with Crippen LogP contribution in [0.5, 0.6) is 0 Å². The summed E-state index contributed by atoms with van der Waals surface area (Å²) in [6.07, 6.45) is 5.51. The molecule has 1 aliphatic heterocycles. The minimum absolute atomic E-state index is 0.456. The average Bonchev–Trinajstić information content (AvgIpc) is 2.63. The Morgan fingerprint density at radius 3 is 2.62 bits per heavy atom. The fourth-order valence-electron chi connectivity index (χ4n) is 4.19. The molecule has 0 aromatic heterocycles. The first-order valence-electron chi connectivity index (χ1n) is 10.1. The van der Waals surface area contributed by atoms with E-state index in [0.717, 1.165) is 68.9 Å². The van der Waals surface area contributed by atoms with E-state index in [1.165, 1.54) is 16.8 Å². The largest absolute Gasteiger partial charge is 0.372 e. The lowest BCUT2D eigenvalue weighted by molar-refractivity contribution is 0.180. The van der Waals surface area contributed by atoms with Crippen LogP contribution in [0, 0.1) is 5.41 Å². The molecule has 1 atom stereocenters. The number of hydrogen-bond acceptors (Lipinski definition) is 3. The van der Waals surface area contributed by atoms with Crippen molar-refractivity contribution in [3.8, 4) is 0 Å². The van der Waals surface area contributed by atoms with E-state index >= 15 is 0 Å². The average molecular weight is 374 g/mol. The Bertz CT molecular complexity index is 687. The standard InChI is InChI=1S/C22H32ClN3/c1-4-5-6-19-21(26-13-11-25(3)12-14-26)10-7-16(2)18-9-8-17(23)15-20(18)22(19)24/h8-9,15-16,24H,4-7,10-14H2,1-3H3/b21-19+,24-22?. The molecule has 0 saturated carbocycles. The van der Waals surface area contributed by atoms with Crippen LogP contribution in [-0.4, -0.2) is 48.7 Å². The van der Waals surface area contributed by atoms with Crippen molar-refractivity contribution < 1.29 is 0 Å². The van der Waals surface area contributed by atoms with Gasteiger partial charge in [-0.1, -0.05) is 37.9 Å². The van der Waals surface area contributed by atoms with Gasteiger partial charge in [0, 0.05) is 42.5 Å². The highest BCUT2D eigenvalue weighted by atomic mass is 35.5. The van der Waals surface area contributed by atoms with E-state index in [-0.39, 0.29) is 0 Å². The van der Waals surface area contributed by atoms with Gasteiger partial charge in [0.25, 0.3) is 0 Å². The van der Waals surface area contributed by atoms with Crippen LogP contribution in [0.15, 0.2) is 29.5 Å². The summed E-state index contributed by atoms with van der Waals surface area (Å²) in [5, 5.41) is 9.80. The Morgan fingerprint density at radius 1 is 1.19 bits per heavy atom. The van der Waals surface area contributed by atoms with Crippen LogP contribution in [0.25, 0.3) is 0 Å². The molecule has 1 aromatic rings. The molecule has 0 amide bonds. The maximum Gasteiger partial charge on any atom is 0.0664 e. The number of nitrogens with zero attached hydrogens (tertiary/aromatic N) is 2. The summed E-state index contributed by atoms with van der Waals surface area (Å²) in [6.45, 7) is 8.89. The predicted octanol–water partition coefficient (Wildman–Crippen LogP) is 5.30. The second kappa shape index (κ2) is 8.58. The number of likely N-dealkylation sites (N-methyl/N-ethyl adjacent to an activating group) is 1. The molecule has 0 spiro atoms. The lowest BCUT2D eigenvalue weighted by atomic mass is 9.82. The highest BCUT2D eigenvalue weighted by Crippen LogP contribution is 2.36. The minimum atomic E-state index is 0.456. The van der Waals surface area contributed by atoms with Crippen molar-refractivity contribution in [3.05, 3.63) is 45.6 Å². The highest BCUT2D eigenvalue weighted by molar-refractivity contribution is 6.31. The summed E-state index contributed by atoms with van der Waals surface area (Å²) >= 11 is 6.31. The molecule has 3 rings (SSSR count). The fourth-order valence-corrected chi connectivity index (χ4v) is 4.36. The maximum absolute atomic E-state index is 9.07. The van der Waals surface area contributed by atoms with Gasteiger partial charge in [-0.15, -0.1) is 0 Å². The molecule has 1 fully saturated rings. The first-order valence-corrected chi connectivity index (χ1v) is 10.4. The van der Waals surface area contributed by atoms with Crippen LogP contribution >= 0.6 is 11.6 Å². The molecule has 1 unspecified atom stereocenters. The van der Waals surface area contributed by atoms with Crippen molar-refractivity contribution in [2.75, 3.05) is 33.2 Å². The third-order valence-corrected chi connectivity index (χ3v) is 6.18. The molecule has 1 aliphatic carbocycles. The van der Waals surface area contributed by atoms with Crippen molar-refractivity contribution in [2.45, 2.75) is 51.9 Å². The van der Waals surface area contributed by atoms with Crippen LogP contribution in [0.3, 0.4) is 0 Å². The van der Waals surface area contributed by atoms with E-state index in [2.05, 4.69) is 36.8 Å². The number of piperazine rings is 1. The smallest absolute Gasteiger partial charge is 0.0664 e. The van der Waals surface area contributed by atoms with Gasteiger partial charge in [0.1, 0.15) is 0 Å². The first-order chi connectivity index (χ1) is 12.5. The Morgan fingerprint density at radius 2 is 1.92 bits per heavy atom. The summed E-state index contributed by atoms with van der Waals surface area (Å²) in [6, 6.07) is 6.12. The van der Waals surface area contributed by atoms with Gasteiger partial charge >= 0.3 is 0 Å². The molecule has 2 aliphatic rings. The Balaban J connectivity index is 2.04. The minimum Gasteiger partial charge on any atom is -0.372 e. The van der Waals surface area contributed by atoms with Gasteiger partial charge in [0.05, 0.1) is 5.71 Å². The van der Waals surface area contributed by atoms with Gasteiger partial charge < -0.3 is 9.80 Å². The molecular weight excluding hydrogens is 342 g/mol. The summed E-state index contributed by atoms with van der Waals surface area (Å²) < 4.78 is 0. The van der Waals surface area contributed by atoms with Crippen molar-refractivity contribution in [1.29, 1.82) is 5.41 Å². The lowest BCUT2D eigenvalue weighted by Crippen LogP contribution is -2.44. The Kier molecular flexibility index (Phi) is 6.42. The SMILES string of the molecule is CCCC/C1=C(\N2CCN(C)CC2)CCC(C)c2ccc(Cl)cc2C1=N. The van der Waals surface area contributed by atoms with Crippen LogP contribution in [0.4, 0.5) is 0 Å².